The third-order valence-corrected chi connectivity index (χ3v) is 3.29. The number of nitrogens with one attached hydrogen (secondary N) is 1. The number of rotatable bonds is 5. The lowest BCUT2D eigenvalue weighted by atomic mass is 9.92. The Labute approximate surface area is 109 Å². The fourth-order valence-electron chi connectivity index (χ4n) is 1.72. The summed E-state index contributed by atoms with van der Waals surface area (Å²) in [6.45, 7) is 9.05. The van der Waals surface area contributed by atoms with Crippen LogP contribution in [0.5, 0.6) is 5.75 Å². The Kier molecular flexibility index (Phi) is 4.84. The Hall–Kier alpha value is -0.730. The van der Waals surface area contributed by atoms with Gasteiger partial charge in [0.25, 0.3) is 0 Å². The van der Waals surface area contributed by atoms with E-state index in [9.17, 15) is 0 Å². The maximum Gasteiger partial charge on any atom is 0.138 e. The predicted octanol–water partition coefficient (Wildman–Crippen LogP) is 3.59. The molecule has 0 aliphatic carbocycles. The van der Waals surface area contributed by atoms with Gasteiger partial charge in [0.2, 0.25) is 0 Å². The highest BCUT2D eigenvalue weighted by atomic mass is 35.5. The largest absolute Gasteiger partial charge is 0.492 e. The second-order valence-electron chi connectivity index (χ2n) is 4.95. The average molecular weight is 256 g/mol. The molecule has 2 nitrogen and oxygen atoms in total. The Bertz CT molecular complexity index is 388. The van der Waals surface area contributed by atoms with Gasteiger partial charge in [0, 0.05) is 5.54 Å². The molecule has 96 valence electrons. The second-order valence-corrected chi connectivity index (χ2v) is 5.36. The first kappa shape index (κ1) is 14.3. The van der Waals surface area contributed by atoms with Crippen LogP contribution in [0.25, 0.3) is 0 Å². The fraction of sp³-hybridized carbons (Fsp3) is 0.571. The number of benzene rings is 1. The summed E-state index contributed by atoms with van der Waals surface area (Å²) in [7, 11) is 1.98. The third-order valence-electron chi connectivity index (χ3n) is 3.00. The smallest absolute Gasteiger partial charge is 0.138 e. The summed E-state index contributed by atoms with van der Waals surface area (Å²) < 4.78 is 5.48. The normalized spacial score (nSPS) is 11.6. The van der Waals surface area contributed by atoms with Crippen LogP contribution >= 0.6 is 11.6 Å². The Morgan fingerprint density at radius 2 is 2.00 bits per heavy atom. The molecule has 1 rings (SSSR count). The standard InChI is InChI=1S/C14H22ClNO/c1-6-17-13-7-10(2)11(8-12(13)15)9-14(3,4)16-5/h7-8,16H,6,9H2,1-5H3. The summed E-state index contributed by atoms with van der Waals surface area (Å²) in [5.41, 5.74) is 2.56. The molecule has 0 aliphatic heterocycles. The van der Waals surface area contributed by atoms with Gasteiger partial charge in [-0.3, -0.25) is 0 Å². The van der Waals surface area contributed by atoms with Crippen molar-refractivity contribution in [3.63, 3.8) is 0 Å². The number of hydrogen-bond acceptors (Lipinski definition) is 2. The first-order valence-corrected chi connectivity index (χ1v) is 6.38. The minimum absolute atomic E-state index is 0.0707. The molecule has 0 fully saturated rings. The van der Waals surface area contributed by atoms with E-state index in [2.05, 4.69) is 26.1 Å². The molecule has 0 unspecified atom stereocenters. The Balaban J connectivity index is 2.99. The van der Waals surface area contributed by atoms with Gasteiger partial charge < -0.3 is 10.1 Å². The molecule has 0 heterocycles. The molecule has 0 radical (unpaired) electrons. The van der Waals surface area contributed by atoms with Crippen molar-refractivity contribution < 1.29 is 4.74 Å². The van der Waals surface area contributed by atoms with E-state index in [0.717, 1.165) is 12.2 Å². The molecule has 17 heavy (non-hydrogen) atoms. The van der Waals surface area contributed by atoms with E-state index in [0.29, 0.717) is 11.6 Å². The van der Waals surface area contributed by atoms with Crippen molar-refractivity contribution in [2.24, 2.45) is 0 Å². The van der Waals surface area contributed by atoms with Crippen molar-refractivity contribution in [3.05, 3.63) is 28.3 Å². The van der Waals surface area contributed by atoms with E-state index < -0.39 is 0 Å². The molecule has 1 N–H and O–H groups in total. The van der Waals surface area contributed by atoms with Gasteiger partial charge in [0.1, 0.15) is 5.75 Å². The zero-order chi connectivity index (χ0) is 13.1. The molecular weight excluding hydrogens is 234 g/mol. The average Bonchev–Trinajstić information content (AvgIpc) is 2.25. The van der Waals surface area contributed by atoms with Crippen LogP contribution in [0.2, 0.25) is 5.02 Å². The molecule has 0 saturated carbocycles. The van der Waals surface area contributed by atoms with Crippen LogP contribution in [0.15, 0.2) is 12.1 Å². The van der Waals surface area contributed by atoms with Crippen molar-refractivity contribution in [3.8, 4) is 5.75 Å². The molecular formula is C14H22ClNO. The lowest BCUT2D eigenvalue weighted by Gasteiger charge is -2.25. The van der Waals surface area contributed by atoms with Crippen molar-refractivity contribution in [2.75, 3.05) is 13.7 Å². The van der Waals surface area contributed by atoms with Crippen LogP contribution in [0.1, 0.15) is 31.9 Å². The van der Waals surface area contributed by atoms with E-state index in [4.69, 9.17) is 16.3 Å². The van der Waals surface area contributed by atoms with E-state index in [1.54, 1.807) is 0 Å². The molecule has 3 heteroatoms. The van der Waals surface area contributed by atoms with Gasteiger partial charge >= 0.3 is 0 Å². The molecule has 0 amide bonds. The number of hydrogen-bond donors (Lipinski definition) is 1. The zero-order valence-corrected chi connectivity index (χ0v) is 12.1. The highest BCUT2D eigenvalue weighted by Crippen LogP contribution is 2.29. The van der Waals surface area contributed by atoms with E-state index in [1.807, 2.05) is 26.1 Å². The molecule has 0 bridgehead atoms. The Morgan fingerprint density at radius 3 is 2.53 bits per heavy atom. The summed E-state index contributed by atoms with van der Waals surface area (Å²) >= 11 is 6.21. The van der Waals surface area contributed by atoms with E-state index in [1.165, 1.54) is 11.1 Å². The summed E-state index contributed by atoms with van der Waals surface area (Å²) in [5.74, 6) is 0.776. The monoisotopic (exact) mass is 255 g/mol. The lowest BCUT2D eigenvalue weighted by molar-refractivity contribution is 0.340. The first-order chi connectivity index (χ1) is 7.89. The Morgan fingerprint density at radius 1 is 1.35 bits per heavy atom. The minimum atomic E-state index is 0.0707. The maximum absolute atomic E-state index is 6.21. The van der Waals surface area contributed by atoms with Crippen molar-refractivity contribution in [1.82, 2.24) is 5.32 Å². The van der Waals surface area contributed by atoms with Crippen molar-refractivity contribution in [1.29, 1.82) is 0 Å². The third kappa shape index (κ3) is 3.90. The highest BCUT2D eigenvalue weighted by Gasteiger charge is 2.17. The van der Waals surface area contributed by atoms with Crippen LogP contribution in [0.4, 0.5) is 0 Å². The number of likely N-dealkylation sites (N-methyl/N-ethyl adjacent to an activating group) is 1. The summed E-state index contributed by atoms with van der Waals surface area (Å²) in [6.07, 6.45) is 0.946. The summed E-state index contributed by atoms with van der Waals surface area (Å²) in [6, 6.07) is 4.04. The number of halogens is 1. The molecule has 0 atom stereocenters. The molecule has 1 aromatic rings. The van der Waals surface area contributed by atoms with Gasteiger partial charge in [-0.2, -0.15) is 0 Å². The van der Waals surface area contributed by atoms with E-state index in [-0.39, 0.29) is 5.54 Å². The van der Waals surface area contributed by atoms with Gasteiger partial charge in [-0.05, 0) is 64.4 Å². The van der Waals surface area contributed by atoms with Gasteiger partial charge in [-0.25, -0.2) is 0 Å². The van der Waals surface area contributed by atoms with Gasteiger partial charge in [0.05, 0.1) is 11.6 Å². The summed E-state index contributed by atoms with van der Waals surface area (Å²) in [5, 5.41) is 4.00. The van der Waals surface area contributed by atoms with Gasteiger partial charge in [-0.1, -0.05) is 11.6 Å². The number of ether oxygens (including phenoxy) is 1. The highest BCUT2D eigenvalue weighted by molar-refractivity contribution is 6.32. The zero-order valence-electron chi connectivity index (χ0n) is 11.4. The van der Waals surface area contributed by atoms with Crippen LogP contribution in [-0.4, -0.2) is 19.2 Å². The quantitative estimate of drug-likeness (QED) is 0.868. The van der Waals surface area contributed by atoms with Crippen LogP contribution in [0.3, 0.4) is 0 Å². The minimum Gasteiger partial charge on any atom is -0.492 e. The van der Waals surface area contributed by atoms with Gasteiger partial charge in [0.15, 0.2) is 0 Å². The summed E-state index contributed by atoms with van der Waals surface area (Å²) in [4.78, 5) is 0. The first-order valence-electron chi connectivity index (χ1n) is 6.00. The van der Waals surface area contributed by atoms with Crippen LogP contribution in [-0.2, 0) is 6.42 Å². The van der Waals surface area contributed by atoms with Crippen molar-refractivity contribution >= 4 is 11.6 Å². The molecule has 1 aromatic carbocycles. The molecule has 0 aliphatic rings. The molecule has 0 saturated heterocycles. The maximum atomic E-state index is 6.21. The van der Waals surface area contributed by atoms with Crippen LogP contribution < -0.4 is 10.1 Å². The number of aryl methyl sites for hydroxylation is 1. The van der Waals surface area contributed by atoms with Crippen molar-refractivity contribution in [2.45, 2.75) is 39.7 Å². The second kappa shape index (κ2) is 5.74. The molecule has 0 spiro atoms. The van der Waals surface area contributed by atoms with Crippen LogP contribution in [0, 0.1) is 6.92 Å². The predicted molar refractivity (Wildman–Crippen MR) is 74.2 cm³/mol. The topological polar surface area (TPSA) is 21.3 Å². The molecule has 0 aromatic heterocycles. The van der Waals surface area contributed by atoms with E-state index >= 15 is 0 Å². The van der Waals surface area contributed by atoms with Gasteiger partial charge in [-0.15, -0.1) is 0 Å². The fourth-order valence-corrected chi connectivity index (χ4v) is 1.96. The SMILES string of the molecule is CCOc1cc(C)c(CC(C)(C)NC)cc1Cl. The lowest BCUT2D eigenvalue weighted by Crippen LogP contribution is -2.38.